The number of anilines is 2. The molecule has 2 aliphatic rings. The summed E-state index contributed by atoms with van der Waals surface area (Å²) in [6.45, 7) is 0.363. The van der Waals surface area contributed by atoms with Crippen molar-refractivity contribution in [2.24, 2.45) is 0 Å². The fraction of sp³-hybridized carbons (Fsp3) is 0.222. The topological polar surface area (TPSA) is 131 Å². The fourth-order valence-corrected chi connectivity index (χ4v) is 4.21. The molecular weight excluding hydrogens is 476 g/mol. The van der Waals surface area contributed by atoms with Crippen LogP contribution in [0.2, 0.25) is 0 Å². The third kappa shape index (κ3) is 5.98. The maximum absolute atomic E-state index is 12.5. The molecule has 10 nitrogen and oxygen atoms in total. The van der Waals surface area contributed by atoms with Crippen molar-refractivity contribution >= 4 is 23.5 Å². The van der Waals surface area contributed by atoms with Crippen molar-refractivity contribution in [2.75, 3.05) is 23.8 Å². The molecule has 5 rings (SSSR count). The Hall–Kier alpha value is -4.59. The van der Waals surface area contributed by atoms with Gasteiger partial charge in [-0.3, -0.25) is 5.32 Å². The van der Waals surface area contributed by atoms with E-state index in [0.29, 0.717) is 28.4 Å². The zero-order chi connectivity index (χ0) is 25.6. The van der Waals surface area contributed by atoms with Gasteiger partial charge in [0.2, 0.25) is 0 Å². The Labute approximate surface area is 213 Å². The van der Waals surface area contributed by atoms with Crippen molar-refractivity contribution in [2.45, 2.75) is 24.4 Å². The highest BCUT2D eigenvalue weighted by atomic mass is 16.6. The van der Waals surface area contributed by atoms with Crippen LogP contribution < -0.4 is 20.7 Å². The third-order valence-electron chi connectivity index (χ3n) is 5.91. The molecule has 3 aromatic carbocycles. The van der Waals surface area contributed by atoms with Gasteiger partial charge in [-0.15, -0.1) is 0 Å². The van der Waals surface area contributed by atoms with Crippen LogP contribution in [0.3, 0.4) is 0 Å². The molecular formula is C27H24N4O6. The molecule has 0 unspecified atom stereocenters. The van der Waals surface area contributed by atoms with Crippen LogP contribution in [0.15, 0.2) is 78.9 Å². The number of carbonyl (C=O) groups is 2. The summed E-state index contributed by atoms with van der Waals surface area (Å²) in [5.74, 6) is 1.35. The van der Waals surface area contributed by atoms with Crippen LogP contribution in [0, 0.1) is 11.3 Å². The highest BCUT2D eigenvalue weighted by Crippen LogP contribution is 2.29. The Morgan fingerprint density at radius 1 is 0.838 bits per heavy atom. The number of nitrogens with one attached hydrogen (secondary N) is 3. The zero-order valence-corrected chi connectivity index (χ0v) is 19.6. The molecule has 2 aliphatic heterocycles. The first-order valence-corrected chi connectivity index (χ1v) is 11.7. The van der Waals surface area contributed by atoms with Crippen LogP contribution >= 0.6 is 0 Å². The highest BCUT2D eigenvalue weighted by Gasteiger charge is 2.50. The van der Waals surface area contributed by atoms with E-state index in [1.165, 1.54) is 0 Å². The van der Waals surface area contributed by atoms with Gasteiger partial charge < -0.3 is 29.6 Å². The molecule has 3 N–H and O–H groups in total. The first-order chi connectivity index (χ1) is 18.1. The van der Waals surface area contributed by atoms with Crippen LogP contribution in [-0.4, -0.2) is 49.7 Å². The van der Waals surface area contributed by atoms with Crippen LogP contribution in [0.25, 0.3) is 0 Å². The number of amides is 3. The molecule has 4 atom stereocenters. The highest BCUT2D eigenvalue weighted by molar-refractivity contribution is 5.89. The van der Waals surface area contributed by atoms with E-state index in [1.54, 1.807) is 48.5 Å². The number of hydrogen-bond acceptors (Lipinski definition) is 7. The maximum atomic E-state index is 12.5. The number of rotatable bonds is 6. The average Bonchev–Trinajstić information content (AvgIpc) is 3.49. The van der Waals surface area contributed by atoms with Crippen molar-refractivity contribution in [3.05, 3.63) is 84.4 Å². The smallest absolute Gasteiger partial charge is 0.412 e. The lowest BCUT2D eigenvalue weighted by Crippen LogP contribution is -2.46. The van der Waals surface area contributed by atoms with E-state index in [2.05, 4.69) is 16.0 Å². The van der Waals surface area contributed by atoms with Gasteiger partial charge in [0, 0.05) is 11.4 Å². The number of nitriles is 1. The van der Waals surface area contributed by atoms with Crippen LogP contribution in [-0.2, 0) is 14.2 Å². The summed E-state index contributed by atoms with van der Waals surface area (Å²) in [6.07, 6.45) is -2.21. The lowest BCUT2D eigenvalue weighted by atomic mass is 10.1. The summed E-state index contributed by atoms with van der Waals surface area (Å²) in [7, 11) is 0. The van der Waals surface area contributed by atoms with Gasteiger partial charge in [-0.25, -0.2) is 9.59 Å². The second kappa shape index (κ2) is 11.0. The Balaban J connectivity index is 1.09. The van der Waals surface area contributed by atoms with Gasteiger partial charge in [-0.1, -0.05) is 24.3 Å². The number of ether oxygens (including phenoxy) is 4. The maximum Gasteiger partial charge on any atom is 0.412 e. The Kier molecular flexibility index (Phi) is 7.16. The first-order valence-electron chi connectivity index (χ1n) is 11.7. The molecule has 3 aromatic rings. The number of benzene rings is 3. The Morgan fingerprint density at radius 2 is 1.59 bits per heavy atom. The monoisotopic (exact) mass is 500 g/mol. The minimum Gasteiger partial charge on any atom is -0.457 e. The lowest BCUT2D eigenvalue weighted by molar-refractivity contribution is 0.00873. The van der Waals surface area contributed by atoms with Crippen molar-refractivity contribution in [1.82, 2.24) is 5.32 Å². The van der Waals surface area contributed by atoms with Crippen molar-refractivity contribution in [3.8, 4) is 17.6 Å². The van der Waals surface area contributed by atoms with Crippen LogP contribution in [0.5, 0.6) is 11.5 Å². The molecule has 0 radical (unpaired) electrons. The summed E-state index contributed by atoms with van der Waals surface area (Å²) in [4.78, 5) is 24.9. The molecule has 188 valence electrons. The van der Waals surface area contributed by atoms with Crippen molar-refractivity contribution in [1.29, 1.82) is 5.26 Å². The molecule has 0 spiro atoms. The SMILES string of the molecule is N#Cc1cccc(NC(=O)N[C@H]2CO[C@H]3[C@@H]2OC[C@H]3OC(=O)Nc2ccc(Oc3ccccc3)cc2)c1. The molecule has 0 saturated carbocycles. The van der Waals surface area contributed by atoms with Crippen LogP contribution in [0.1, 0.15) is 5.56 Å². The normalized spacial score (nSPS) is 21.8. The predicted molar refractivity (Wildman–Crippen MR) is 133 cm³/mol. The Morgan fingerprint density at radius 3 is 2.38 bits per heavy atom. The van der Waals surface area contributed by atoms with E-state index in [-0.39, 0.29) is 13.2 Å². The number of urea groups is 1. The van der Waals surface area contributed by atoms with Gasteiger partial charge in [0.1, 0.15) is 23.7 Å². The van der Waals surface area contributed by atoms with E-state index in [4.69, 9.17) is 24.2 Å². The summed E-state index contributed by atoms with van der Waals surface area (Å²) < 4.78 is 22.9. The number of carbonyl (C=O) groups excluding carboxylic acids is 2. The largest absolute Gasteiger partial charge is 0.457 e. The third-order valence-corrected chi connectivity index (χ3v) is 5.91. The molecule has 0 aliphatic carbocycles. The van der Waals surface area contributed by atoms with Gasteiger partial charge in [0.15, 0.2) is 6.10 Å². The number of hydrogen-bond donors (Lipinski definition) is 3. The quantitative estimate of drug-likeness (QED) is 0.461. The molecule has 2 heterocycles. The molecule has 3 amide bonds. The van der Waals surface area contributed by atoms with Gasteiger partial charge in [-0.05, 0) is 54.6 Å². The zero-order valence-electron chi connectivity index (χ0n) is 19.6. The van der Waals surface area contributed by atoms with Gasteiger partial charge in [0.05, 0.1) is 30.9 Å². The number of para-hydroxylation sites is 1. The summed E-state index contributed by atoms with van der Waals surface area (Å²) in [5.41, 5.74) is 1.48. The van der Waals surface area contributed by atoms with Gasteiger partial charge >= 0.3 is 12.1 Å². The summed E-state index contributed by atoms with van der Waals surface area (Å²) in [6, 6.07) is 24.1. The van der Waals surface area contributed by atoms with E-state index in [9.17, 15) is 9.59 Å². The van der Waals surface area contributed by atoms with Crippen LogP contribution in [0.4, 0.5) is 21.0 Å². The fourth-order valence-electron chi connectivity index (χ4n) is 4.21. The molecule has 37 heavy (non-hydrogen) atoms. The van der Waals surface area contributed by atoms with Gasteiger partial charge in [-0.2, -0.15) is 5.26 Å². The Bertz CT molecular complexity index is 1290. The molecule has 10 heteroatoms. The van der Waals surface area contributed by atoms with E-state index >= 15 is 0 Å². The van der Waals surface area contributed by atoms with Gasteiger partial charge in [0.25, 0.3) is 0 Å². The first kappa shape index (κ1) is 24.1. The minimum atomic E-state index is -0.638. The second-order valence-electron chi connectivity index (χ2n) is 8.50. The molecule has 2 saturated heterocycles. The molecule has 0 aromatic heterocycles. The van der Waals surface area contributed by atoms with E-state index in [0.717, 1.165) is 0 Å². The van der Waals surface area contributed by atoms with Crippen molar-refractivity contribution in [3.63, 3.8) is 0 Å². The van der Waals surface area contributed by atoms with Crippen molar-refractivity contribution < 1.29 is 28.5 Å². The summed E-state index contributed by atoms with van der Waals surface area (Å²) in [5, 5.41) is 17.2. The molecule has 2 fully saturated rings. The average molecular weight is 501 g/mol. The number of nitrogens with zero attached hydrogens (tertiary/aromatic N) is 1. The predicted octanol–water partition coefficient (Wildman–Crippen LogP) is 4.26. The van der Waals surface area contributed by atoms with E-state index < -0.39 is 36.5 Å². The van der Waals surface area contributed by atoms with E-state index in [1.807, 2.05) is 36.4 Å². The lowest BCUT2D eigenvalue weighted by Gasteiger charge is -2.18. The molecule has 0 bridgehead atoms. The minimum absolute atomic E-state index is 0.149. The second-order valence-corrected chi connectivity index (χ2v) is 8.50. The standard InChI is InChI=1S/C27H24N4O6/c28-14-17-5-4-6-19(13-17)29-26(32)31-22-15-34-25-23(16-35-24(22)25)37-27(33)30-18-9-11-21(12-10-18)36-20-7-2-1-3-8-20/h1-13,22-25H,15-16H2,(H,30,33)(H2,29,31,32)/t22-,23+,24+,25+/m0/s1. The summed E-state index contributed by atoms with van der Waals surface area (Å²) >= 11 is 0. The number of fused-ring (bicyclic) bond motifs is 1.